The highest BCUT2D eigenvalue weighted by molar-refractivity contribution is 5.69. The molecule has 0 amide bonds. The molecule has 0 radical (unpaired) electrons. The second-order valence-corrected chi connectivity index (χ2v) is 4.38. The Balaban J connectivity index is 2.38. The maximum absolute atomic E-state index is 10.6. The summed E-state index contributed by atoms with van der Waals surface area (Å²) >= 11 is 0. The molecular formula is C12H19NO2. The fourth-order valence-corrected chi connectivity index (χ4v) is 2.02. The van der Waals surface area contributed by atoms with Crippen molar-refractivity contribution in [1.82, 2.24) is 4.90 Å². The number of carboxylic acid groups (broad SMARTS) is 1. The number of hydrogen-bond donors (Lipinski definition) is 1. The average Bonchev–Trinajstić information content (AvgIpc) is 2.09. The third-order valence-electron chi connectivity index (χ3n) is 3.16. The molecule has 0 saturated heterocycles. The first kappa shape index (κ1) is 12.1. The van der Waals surface area contributed by atoms with Gasteiger partial charge in [-0.25, -0.2) is 0 Å². The first-order valence-corrected chi connectivity index (χ1v) is 5.52. The molecule has 15 heavy (non-hydrogen) atoms. The van der Waals surface area contributed by atoms with E-state index in [4.69, 9.17) is 11.5 Å². The monoisotopic (exact) mass is 209 g/mol. The maximum Gasteiger partial charge on any atom is 0.317 e. The topological polar surface area (TPSA) is 40.5 Å². The number of aliphatic carboxylic acids is 1. The molecule has 0 aromatic rings. The van der Waals surface area contributed by atoms with E-state index in [1.807, 2.05) is 4.90 Å². The van der Waals surface area contributed by atoms with Gasteiger partial charge in [-0.3, -0.25) is 9.69 Å². The van der Waals surface area contributed by atoms with Gasteiger partial charge in [-0.05, 0) is 19.3 Å². The summed E-state index contributed by atoms with van der Waals surface area (Å²) in [6.07, 6.45) is 10.2. The molecule has 1 rings (SSSR count). The van der Waals surface area contributed by atoms with Crippen molar-refractivity contribution in [3.8, 4) is 12.3 Å². The van der Waals surface area contributed by atoms with Crippen molar-refractivity contribution in [3.63, 3.8) is 0 Å². The standard InChI is InChI=1S/C12H19NO2/c1-3-7-13(9-12(14)15)10(2)8-11-5-4-6-11/h1,10-11H,4-9H2,2H3,(H,14,15). The molecule has 0 bridgehead atoms. The van der Waals surface area contributed by atoms with Crippen LogP contribution in [0, 0.1) is 18.3 Å². The molecule has 84 valence electrons. The Morgan fingerprint density at radius 3 is 2.73 bits per heavy atom. The average molecular weight is 209 g/mol. The number of carbonyl (C=O) groups is 1. The van der Waals surface area contributed by atoms with Crippen molar-refractivity contribution in [2.75, 3.05) is 13.1 Å². The van der Waals surface area contributed by atoms with E-state index < -0.39 is 5.97 Å². The van der Waals surface area contributed by atoms with Gasteiger partial charge in [0.1, 0.15) is 0 Å². The summed E-state index contributed by atoms with van der Waals surface area (Å²) in [4.78, 5) is 12.5. The van der Waals surface area contributed by atoms with Crippen LogP contribution < -0.4 is 0 Å². The van der Waals surface area contributed by atoms with E-state index in [-0.39, 0.29) is 12.6 Å². The first-order valence-electron chi connectivity index (χ1n) is 5.52. The van der Waals surface area contributed by atoms with Crippen molar-refractivity contribution in [1.29, 1.82) is 0 Å². The largest absolute Gasteiger partial charge is 0.480 e. The van der Waals surface area contributed by atoms with Crippen LogP contribution >= 0.6 is 0 Å². The minimum absolute atomic E-state index is 0.0537. The quantitative estimate of drug-likeness (QED) is 0.675. The summed E-state index contributed by atoms with van der Waals surface area (Å²) in [6.45, 7) is 2.55. The number of rotatable bonds is 6. The van der Waals surface area contributed by atoms with E-state index in [2.05, 4.69) is 12.8 Å². The zero-order valence-electron chi connectivity index (χ0n) is 9.28. The van der Waals surface area contributed by atoms with Gasteiger partial charge in [0.15, 0.2) is 0 Å². The molecule has 0 aliphatic heterocycles. The number of hydrogen-bond acceptors (Lipinski definition) is 2. The van der Waals surface area contributed by atoms with Crippen molar-refractivity contribution in [2.24, 2.45) is 5.92 Å². The highest BCUT2D eigenvalue weighted by Crippen LogP contribution is 2.31. The lowest BCUT2D eigenvalue weighted by Gasteiger charge is -2.33. The zero-order chi connectivity index (χ0) is 11.3. The Hall–Kier alpha value is -1.01. The van der Waals surface area contributed by atoms with E-state index >= 15 is 0 Å². The summed E-state index contributed by atoms with van der Waals surface area (Å²) in [5, 5.41) is 8.75. The molecule has 1 aliphatic carbocycles. The third kappa shape index (κ3) is 3.93. The molecule has 1 saturated carbocycles. The van der Waals surface area contributed by atoms with E-state index in [0.29, 0.717) is 6.54 Å². The lowest BCUT2D eigenvalue weighted by atomic mass is 9.81. The van der Waals surface area contributed by atoms with Crippen LogP contribution in [0.5, 0.6) is 0 Å². The van der Waals surface area contributed by atoms with Gasteiger partial charge in [-0.1, -0.05) is 25.2 Å². The fourth-order valence-electron chi connectivity index (χ4n) is 2.02. The lowest BCUT2D eigenvalue weighted by molar-refractivity contribution is -0.138. The lowest BCUT2D eigenvalue weighted by Crippen LogP contribution is -2.39. The van der Waals surface area contributed by atoms with E-state index in [1.54, 1.807) is 0 Å². The highest BCUT2D eigenvalue weighted by atomic mass is 16.4. The molecule has 0 aromatic heterocycles. The van der Waals surface area contributed by atoms with Crippen LogP contribution in [0.2, 0.25) is 0 Å². The molecule has 1 N–H and O–H groups in total. The van der Waals surface area contributed by atoms with Crippen molar-refractivity contribution in [2.45, 2.75) is 38.6 Å². The SMILES string of the molecule is C#CCN(CC(=O)O)C(C)CC1CCC1. The Labute approximate surface area is 91.5 Å². The van der Waals surface area contributed by atoms with Crippen molar-refractivity contribution >= 4 is 5.97 Å². The van der Waals surface area contributed by atoms with Gasteiger partial charge < -0.3 is 5.11 Å². The molecule has 1 unspecified atom stereocenters. The first-order chi connectivity index (χ1) is 7.13. The van der Waals surface area contributed by atoms with Crippen LogP contribution in [0.3, 0.4) is 0 Å². The van der Waals surface area contributed by atoms with Gasteiger partial charge in [-0.15, -0.1) is 6.42 Å². The van der Waals surface area contributed by atoms with E-state index in [1.165, 1.54) is 19.3 Å². The molecule has 0 aromatic carbocycles. The molecule has 3 heteroatoms. The second kappa shape index (κ2) is 5.77. The Kier molecular flexibility index (Phi) is 4.64. The Morgan fingerprint density at radius 2 is 2.33 bits per heavy atom. The summed E-state index contributed by atoms with van der Waals surface area (Å²) in [5.41, 5.74) is 0. The Bertz CT molecular complexity index is 253. The van der Waals surface area contributed by atoms with Crippen LogP contribution in [-0.4, -0.2) is 35.1 Å². The second-order valence-electron chi connectivity index (χ2n) is 4.38. The summed E-state index contributed by atoms with van der Waals surface area (Å²) in [6, 6.07) is 0.280. The van der Waals surface area contributed by atoms with E-state index in [9.17, 15) is 4.79 Å². The number of carboxylic acids is 1. The smallest absolute Gasteiger partial charge is 0.317 e. The fraction of sp³-hybridized carbons (Fsp3) is 0.750. The van der Waals surface area contributed by atoms with Gasteiger partial charge in [0.05, 0.1) is 13.1 Å². The summed E-state index contributed by atoms with van der Waals surface area (Å²) < 4.78 is 0. The predicted molar refractivity (Wildman–Crippen MR) is 59.5 cm³/mol. The van der Waals surface area contributed by atoms with Gasteiger partial charge >= 0.3 is 5.97 Å². The molecule has 1 aliphatic rings. The molecule has 3 nitrogen and oxygen atoms in total. The van der Waals surface area contributed by atoms with Crippen LogP contribution in [0.1, 0.15) is 32.6 Å². The summed E-state index contributed by atoms with van der Waals surface area (Å²) in [7, 11) is 0. The molecule has 1 atom stereocenters. The van der Waals surface area contributed by atoms with Gasteiger partial charge in [0, 0.05) is 6.04 Å². The van der Waals surface area contributed by atoms with Crippen LogP contribution in [0.15, 0.2) is 0 Å². The maximum atomic E-state index is 10.6. The number of terminal acetylenes is 1. The number of nitrogens with zero attached hydrogens (tertiary/aromatic N) is 1. The molecular weight excluding hydrogens is 190 g/mol. The minimum Gasteiger partial charge on any atom is -0.480 e. The van der Waals surface area contributed by atoms with Crippen LogP contribution in [0.4, 0.5) is 0 Å². The third-order valence-corrected chi connectivity index (χ3v) is 3.16. The van der Waals surface area contributed by atoms with E-state index in [0.717, 1.165) is 12.3 Å². The minimum atomic E-state index is -0.800. The highest BCUT2D eigenvalue weighted by Gasteiger charge is 2.23. The van der Waals surface area contributed by atoms with Gasteiger partial charge in [0.2, 0.25) is 0 Å². The van der Waals surface area contributed by atoms with Crippen LogP contribution in [0.25, 0.3) is 0 Å². The predicted octanol–water partition coefficient (Wildman–Crippen LogP) is 1.58. The van der Waals surface area contributed by atoms with Gasteiger partial charge in [-0.2, -0.15) is 0 Å². The van der Waals surface area contributed by atoms with Crippen LogP contribution in [-0.2, 0) is 4.79 Å². The molecule has 1 fully saturated rings. The summed E-state index contributed by atoms with van der Waals surface area (Å²) in [5.74, 6) is 2.51. The molecule has 0 spiro atoms. The molecule has 0 heterocycles. The van der Waals surface area contributed by atoms with Gasteiger partial charge in [0.25, 0.3) is 0 Å². The Morgan fingerprint density at radius 1 is 1.67 bits per heavy atom. The zero-order valence-corrected chi connectivity index (χ0v) is 9.28. The van der Waals surface area contributed by atoms with Crippen molar-refractivity contribution < 1.29 is 9.90 Å². The van der Waals surface area contributed by atoms with Crippen molar-refractivity contribution in [3.05, 3.63) is 0 Å². The normalized spacial score (nSPS) is 18.2.